The van der Waals surface area contributed by atoms with Gasteiger partial charge < -0.3 is 20.1 Å². The Morgan fingerprint density at radius 1 is 1.05 bits per heavy atom. The summed E-state index contributed by atoms with van der Waals surface area (Å²) in [6.07, 6.45) is -0.524. The number of hydrogen-bond acceptors (Lipinski definition) is 5. The zero-order valence-corrected chi connectivity index (χ0v) is 11.8. The molecular weight excluding hydrogens is 280 g/mol. The molecule has 0 amide bonds. The van der Waals surface area contributed by atoms with E-state index in [0.717, 1.165) is 0 Å². The second-order valence-corrected chi connectivity index (χ2v) is 3.83. The molecular formula is C14H18O7. The number of esters is 1. The lowest BCUT2D eigenvalue weighted by atomic mass is 10.1. The third kappa shape index (κ3) is 6.53. The van der Waals surface area contributed by atoms with Gasteiger partial charge in [-0.1, -0.05) is 19.1 Å². The van der Waals surface area contributed by atoms with Crippen LogP contribution in [0.25, 0.3) is 0 Å². The first-order valence-electron chi connectivity index (χ1n) is 6.25. The Labute approximate surface area is 121 Å². The molecule has 0 bridgehead atoms. The van der Waals surface area contributed by atoms with E-state index in [2.05, 4.69) is 4.74 Å². The van der Waals surface area contributed by atoms with Crippen molar-refractivity contribution >= 4 is 17.9 Å². The van der Waals surface area contributed by atoms with Crippen molar-refractivity contribution in [2.75, 3.05) is 6.61 Å². The molecule has 7 nitrogen and oxygen atoms in total. The van der Waals surface area contributed by atoms with Gasteiger partial charge in [-0.25, -0.2) is 14.4 Å². The molecule has 0 aliphatic rings. The zero-order chi connectivity index (χ0) is 16.4. The summed E-state index contributed by atoms with van der Waals surface area (Å²) in [6.45, 7) is 3.76. The van der Waals surface area contributed by atoms with Crippen molar-refractivity contribution in [3.05, 3.63) is 35.4 Å². The number of aromatic carboxylic acids is 2. The minimum atomic E-state index is -1.23. The van der Waals surface area contributed by atoms with Crippen LogP contribution in [0.3, 0.4) is 0 Å². The first-order chi connectivity index (χ1) is 9.84. The molecule has 3 N–H and O–H groups in total. The van der Waals surface area contributed by atoms with Crippen LogP contribution in [0.2, 0.25) is 0 Å². The van der Waals surface area contributed by atoms with Gasteiger partial charge in [0.05, 0.1) is 17.7 Å². The summed E-state index contributed by atoms with van der Waals surface area (Å²) in [5, 5.41) is 25.9. The summed E-state index contributed by atoms with van der Waals surface area (Å²) < 4.78 is 4.51. The van der Waals surface area contributed by atoms with Crippen molar-refractivity contribution in [3.8, 4) is 0 Å². The monoisotopic (exact) mass is 298 g/mol. The number of carboxylic acid groups (broad SMARTS) is 2. The van der Waals surface area contributed by atoms with Crippen molar-refractivity contribution < 1.29 is 34.4 Å². The molecule has 0 spiro atoms. The van der Waals surface area contributed by atoms with E-state index >= 15 is 0 Å². The molecule has 1 aromatic carbocycles. The Kier molecular flexibility index (Phi) is 8.40. The zero-order valence-electron chi connectivity index (χ0n) is 11.8. The lowest BCUT2D eigenvalue weighted by Gasteiger charge is -2.04. The molecule has 0 aromatic heterocycles. The molecule has 0 aliphatic carbocycles. The first kappa shape index (κ1) is 18.6. The van der Waals surface area contributed by atoms with Gasteiger partial charge in [-0.2, -0.15) is 0 Å². The van der Waals surface area contributed by atoms with Crippen LogP contribution in [-0.2, 0) is 9.53 Å². The summed E-state index contributed by atoms with van der Waals surface area (Å²) in [5.41, 5.74) is -0.380. The fraction of sp³-hybridized carbons (Fsp3) is 0.357. The number of ether oxygens (including phenoxy) is 1. The van der Waals surface area contributed by atoms with Gasteiger partial charge >= 0.3 is 17.9 Å². The molecule has 7 heteroatoms. The molecule has 0 heterocycles. The lowest BCUT2D eigenvalue weighted by Crippen LogP contribution is -2.21. The van der Waals surface area contributed by atoms with Crippen LogP contribution in [0.4, 0.5) is 0 Å². The summed E-state index contributed by atoms with van der Waals surface area (Å²) in [4.78, 5) is 31.4. The molecule has 1 rings (SSSR count). The van der Waals surface area contributed by atoms with Crippen LogP contribution < -0.4 is 0 Å². The van der Waals surface area contributed by atoms with Crippen LogP contribution in [0.15, 0.2) is 24.3 Å². The maximum absolute atomic E-state index is 10.5. The van der Waals surface area contributed by atoms with Crippen molar-refractivity contribution in [2.45, 2.75) is 26.4 Å². The Morgan fingerprint density at radius 2 is 1.48 bits per heavy atom. The molecule has 21 heavy (non-hydrogen) atoms. The number of hydrogen-bond donors (Lipinski definition) is 3. The third-order valence-electron chi connectivity index (χ3n) is 2.33. The fourth-order valence-corrected chi connectivity index (χ4v) is 1.26. The molecule has 1 aromatic rings. The van der Waals surface area contributed by atoms with E-state index in [1.54, 1.807) is 13.8 Å². The van der Waals surface area contributed by atoms with E-state index in [1.807, 2.05) is 0 Å². The molecule has 0 fully saturated rings. The van der Waals surface area contributed by atoms with Crippen LogP contribution in [-0.4, -0.2) is 45.9 Å². The Hall–Kier alpha value is -2.41. The Bertz CT molecular complexity index is 463. The van der Waals surface area contributed by atoms with Crippen molar-refractivity contribution in [3.63, 3.8) is 0 Å². The highest BCUT2D eigenvalue weighted by Gasteiger charge is 2.13. The van der Waals surface area contributed by atoms with E-state index in [9.17, 15) is 14.4 Å². The molecule has 1 atom stereocenters. The number of carbonyl (C=O) groups is 3. The predicted octanol–water partition coefficient (Wildman–Crippen LogP) is 1.40. The van der Waals surface area contributed by atoms with Gasteiger partial charge in [0.15, 0.2) is 6.10 Å². The van der Waals surface area contributed by atoms with Crippen molar-refractivity contribution in [1.29, 1.82) is 0 Å². The third-order valence-corrected chi connectivity index (χ3v) is 2.33. The highest BCUT2D eigenvalue weighted by molar-refractivity contribution is 6.01. The van der Waals surface area contributed by atoms with Crippen molar-refractivity contribution in [1.82, 2.24) is 0 Å². The highest BCUT2D eigenvalue weighted by Crippen LogP contribution is 2.07. The summed E-state index contributed by atoms with van der Waals surface area (Å²) in [7, 11) is 0. The van der Waals surface area contributed by atoms with Crippen LogP contribution in [0.5, 0.6) is 0 Å². The number of benzene rings is 1. The van der Waals surface area contributed by atoms with Crippen molar-refractivity contribution in [2.24, 2.45) is 0 Å². The van der Waals surface area contributed by atoms with E-state index in [-0.39, 0.29) is 11.1 Å². The number of carbonyl (C=O) groups excluding carboxylic acids is 1. The topological polar surface area (TPSA) is 121 Å². The molecule has 0 saturated carbocycles. The van der Waals surface area contributed by atoms with Crippen LogP contribution in [0.1, 0.15) is 41.0 Å². The minimum Gasteiger partial charge on any atom is -0.478 e. The van der Waals surface area contributed by atoms with Gasteiger partial charge in [0.25, 0.3) is 0 Å². The number of rotatable bonds is 5. The molecule has 0 radical (unpaired) electrons. The van der Waals surface area contributed by atoms with E-state index in [4.69, 9.17) is 15.3 Å². The average Bonchev–Trinajstić information content (AvgIpc) is 2.47. The maximum Gasteiger partial charge on any atom is 0.336 e. The van der Waals surface area contributed by atoms with E-state index in [0.29, 0.717) is 13.0 Å². The standard InChI is InChI=1S/C8H6O4.C6H12O3/c9-7(10)5-3-1-2-4-6(5)8(11)12;1-3-5(7)6(8)9-4-2/h1-4H,(H,9,10)(H,11,12);5,7H,3-4H2,1-2H3. The van der Waals surface area contributed by atoms with Gasteiger partial charge in [-0.05, 0) is 25.5 Å². The average molecular weight is 298 g/mol. The maximum atomic E-state index is 10.5. The van der Waals surface area contributed by atoms with E-state index in [1.165, 1.54) is 24.3 Å². The van der Waals surface area contributed by atoms with Gasteiger partial charge in [-0.3, -0.25) is 0 Å². The summed E-state index contributed by atoms with van der Waals surface area (Å²) >= 11 is 0. The number of carboxylic acids is 2. The minimum absolute atomic E-state index is 0.190. The van der Waals surface area contributed by atoms with Gasteiger partial charge in [0.2, 0.25) is 0 Å². The predicted molar refractivity (Wildman–Crippen MR) is 73.3 cm³/mol. The quantitative estimate of drug-likeness (QED) is 0.702. The normalized spacial score (nSPS) is 10.8. The van der Waals surface area contributed by atoms with Gasteiger partial charge in [0.1, 0.15) is 0 Å². The SMILES string of the molecule is CCOC(=O)C(O)CC.O=C(O)c1ccccc1C(=O)O. The Balaban J connectivity index is 0.000000400. The first-order valence-corrected chi connectivity index (χ1v) is 6.25. The second-order valence-electron chi connectivity index (χ2n) is 3.83. The van der Waals surface area contributed by atoms with Gasteiger partial charge in [0, 0.05) is 0 Å². The molecule has 1 unspecified atom stereocenters. The number of aliphatic hydroxyl groups is 1. The number of aliphatic hydroxyl groups excluding tert-OH is 1. The fourth-order valence-electron chi connectivity index (χ4n) is 1.26. The second kappa shape index (κ2) is 9.49. The largest absolute Gasteiger partial charge is 0.478 e. The van der Waals surface area contributed by atoms with Crippen LogP contribution in [0, 0.1) is 0 Å². The van der Waals surface area contributed by atoms with Gasteiger partial charge in [-0.15, -0.1) is 0 Å². The molecule has 0 saturated heterocycles. The molecule has 116 valence electrons. The smallest absolute Gasteiger partial charge is 0.336 e. The molecule has 0 aliphatic heterocycles. The Morgan fingerprint density at radius 3 is 1.76 bits per heavy atom. The summed E-state index contributed by atoms with van der Waals surface area (Å²) in [6, 6.07) is 5.48. The van der Waals surface area contributed by atoms with E-state index < -0.39 is 24.0 Å². The highest BCUT2D eigenvalue weighted by atomic mass is 16.5. The lowest BCUT2D eigenvalue weighted by molar-refractivity contribution is -0.153. The summed E-state index contributed by atoms with van der Waals surface area (Å²) in [5.74, 6) is -2.99. The van der Waals surface area contributed by atoms with Crippen LogP contribution >= 0.6 is 0 Å².